The first-order valence-corrected chi connectivity index (χ1v) is 11.8. The Morgan fingerprint density at radius 1 is 0.897 bits per heavy atom. The second-order valence-electron chi connectivity index (χ2n) is 9.90. The molecule has 2 aliphatic carbocycles. The summed E-state index contributed by atoms with van der Waals surface area (Å²) in [5, 5.41) is 0. The van der Waals surface area contributed by atoms with E-state index in [0.717, 1.165) is 36.2 Å². The van der Waals surface area contributed by atoms with Crippen molar-refractivity contribution in [2.24, 2.45) is 23.7 Å². The fourth-order valence-corrected chi connectivity index (χ4v) is 5.71. The zero-order valence-corrected chi connectivity index (χ0v) is 18.0. The van der Waals surface area contributed by atoms with Gasteiger partial charge in [0.05, 0.1) is 12.7 Å². The van der Waals surface area contributed by atoms with Gasteiger partial charge in [0.2, 0.25) is 11.6 Å². The van der Waals surface area contributed by atoms with E-state index in [1.54, 1.807) is 6.07 Å². The first kappa shape index (κ1) is 20.9. The third kappa shape index (κ3) is 4.88. The monoisotopic (exact) mass is 406 g/mol. The van der Waals surface area contributed by atoms with Gasteiger partial charge in [0, 0.05) is 5.56 Å². The summed E-state index contributed by atoms with van der Waals surface area (Å²) in [5.41, 5.74) is 0.722. The van der Waals surface area contributed by atoms with Gasteiger partial charge in [0.25, 0.3) is 0 Å². The minimum Gasteiger partial charge on any atom is -0.490 e. The van der Waals surface area contributed by atoms with Crippen LogP contribution in [0.25, 0.3) is 0 Å². The number of benzene rings is 1. The molecule has 29 heavy (non-hydrogen) atoms. The van der Waals surface area contributed by atoms with E-state index in [1.807, 2.05) is 6.92 Å². The molecule has 162 valence electrons. The maximum absolute atomic E-state index is 14.4. The Hall–Kier alpha value is -1.32. The van der Waals surface area contributed by atoms with E-state index < -0.39 is 11.6 Å². The van der Waals surface area contributed by atoms with Gasteiger partial charge in [0.1, 0.15) is 0 Å². The fraction of sp³-hybridized carbons (Fsp3) is 0.760. The predicted octanol–water partition coefficient (Wildman–Crippen LogP) is 7.08. The van der Waals surface area contributed by atoms with Crippen LogP contribution in [0.15, 0.2) is 6.07 Å². The van der Waals surface area contributed by atoms with Crippen molar-refractivity contribution in [3.63, 3.8) is 0 Å². The number of hydrogen-bond acceptors (Lipinski definition) is 2. The molecular formula is C25H36F2O2. The van der Waals surface area contributed by atoms with E-state index >= 15 is 0 Å². The molecule has 1 aromatic rings. The Morgan fingerprint density at radius 3 is 2.24 bits per heavy atom. The van der Waals surface area contributed by atoms with E-state index in [0.29, 0.717) is 18.9 Å². The van der Waals surface area contributed by atoms with Crippen molar-refractivity contribution < 1.29 is 18.3 Å². The molecular weight excluding hydrogens is 370 g/mol. The summed E-state index contributed by atoms with van der Waals surface area (Å²) in [4.78, 5) is 0. The van der Waals surface area contributed by atoms with Gasteiger partial charge in [-0.3, -0.25) is 0 Å². The summed E-state index contributed by atoms with van der Waals surface area (Å²) in [6.45, 7) is 4.73. The molecule has 1 unspecified atom stereocenters. The van der Waals surface area contributed by atoms with Gasteiger partial charge in [-0.05, 0) is 81.6 Å². The third-order valence-electron chi connectivity index (χ3n) is 7.75. The quantitative estimate of drug-likeness (QED) is 0.520. The van der Waals surface area contributed by atoms with E-state index in [2.05, 4.69) is 6.92 Å². The number of aryl methyl sites for hydroxylation is 1. The van der Waals surface area contributed by atoms with Crippen LogP contribution in [0.4, 0.5) is 8.78 Å². The van der Waals surface area contributed by atoms with Crippen molar-refractivity contribution in [1.82, 2.24) is 0 Å². The highest BCUT2D eigenvalue weighted by Crippen LogP contribution is 2.42. The third-order valence-corrected chi connectivity index (χ3v) is 7.75. The summed E-state index contributed by atoms with van der Waals surface area (Å²) in [6.07, 6.45) is 13.2. The zero-order chi connectivity index (χ0) is 20.4. The molecule has 0 aromatic heterocycles. The number of rotatable bonds is 5. The van der Waals surface area contributed by atoms with Gasteiger partial charge in [-0.15, -0.1) is 0 Å². The molecule has 4 rings (SSSR count). The molecule has 1 atom stereocenters. The van der Waals surface area contributed by atoms with Crippen LogP contribution < -0.4 is 9.47 Å². The highest BCUT2D eigenvalue weighted by molar-refractivity contribution is 5.44. The topological polar surface area (TPSA) is 18.5 Å². The molecule has 2 saturated carbocycles. The van der Waals surface area contributed by atoms with Crippen molar-refractivity contribution in [2.45, 2.75) is 90.6 Å². The summed E-state index contributed by atoms with van der Waals surface area (Å²) in [6, 6.07) is 1.64. The lowest BCUT2D eigenvalue weighted by molar-refractivity contribution is 0.139. The van der Waals surface area contributed by atoms with E-state index in [-0.39, 0.29) is 17.6 Å². The summed E-state index contributed by atoms with van der Waals surface area (Å²) in [5.74, 6) is 1.75. The van der Waals surface area contributed by atoms with Crippen molar-refractivity contribution in [3.8, 4) is 11.5 Å². The number of fused-ring (bicyclic) bond motifs is 1. The van der Waals surface area contributed by atoms with Gasteiger partial charge >= 0.3 is 0 Å². The second kappa shape index (κ2) is 9.22. The van der Waals surface area contributed by atoms with Crippen LogP contribution in [0.5, 0.6) is 11.5 Å². The van der Waals surface area contributed by atoms with E-state index in [1.165, 1.54) is 51.4 Å². The SMILES string of the molecule is CC1CCC(C2CCC(CCOc3cc4c(c(F)c3F)OC(C)CC4)CC2)CC1. The fourth-order valence-electron chi connectivity index (χ4n) is 5.71. The van der Waals surface area contributed by atoms with Crippen LogP contribution in [0, 0.1) is 35.3 Å². The van der Waals surface area contributed by atoms with Crippen molar-refractivity contribution in [1.29, 1.82) is 0 Å². The van der Waals surface area contributed by atoms with Gasteiger partial charge in [-0.25, -0.2) is 0 Å². The van der Waals surface area contributed by atoms with Crippen LogP contribution in [-0.2, 0) is 6.42 Å². The Labute approximate surface area is 174 Å². The first-order chi connectivity index (χ1) is 14.0. The van der Waals surface area contributed by atoms with Crippen LogP contribution in [0.3, 0.4) is 0 Å². The number of halogens is 2. The highest BCUT2D eigenvalue weighted by Gasteiger charge is 2.30. The molecule has 4 heteroatoms. The van der Waals surface area contributed by atoms with Gasteiger partial charge < -0.3 is 9.47 Å². The molecule has 1 aromatic carbocycles. The lowest BCUT2D eigenvalue weighted by Crippen LogP contribution is -2.25. The highest BCUT2D eigenvalue weighted by atomic mass is 19.2. The molecule has 0 spiro atoms. The molecule has 2 nitrogen and oxygen atoms in total. The largest absolute Gasteiger partial charge is 0.490 e. The molecule has 3 aliphatic rings. The second-order valence-corrected chi connectivity index (χ2v) is 9.90. The summed E-state index contributed by atoms with van der Waals surface area (Å²) < 4.78 is 39.9. The normalized spacial score (nSPS) is 32.3. The van der Waals surface area contributed by atoms with Crippen molar-refractivity contribution >= 4 is 0 Å². The molecule has 2 fully saturated rings. The average Bonchev–Trinajstić information content (AvgIpc) is 2.73. The summed E-state index contributed by atoms with van der Waals surface area (Å²) >= 11 is 0. The maximum Gasteiger partial charge on any atom is 0.204 e. The van der Waals surface area contributed by atoms with Gasteiger partial charge in [-0.1, -0.05) is 32.6 Å². The van der Waals surface area contributed by atoms with Gasteiger partial charge in [-0.2, -0.15) is 8.78 Å². The molecule has 1 heterocycles. The van der Waals surface area contributed by atoms with Crippen LogP contribution in [-0.4, -0.2) is 12.7 Å². The number of ether oxygens (including phenoxy) is 2. The molecule has 0 bridgehead atoms. The van der Waals surface area contributed by atoms with Crippen molar-refractivity contribution in [3.05, 3.63) is 23.3 Å². The minimum atomic E-state index is -0.909. The molecule has 0 amide bonds. The maximum atomic E-state index is 14.4. The molecule has 0 N–H and O–H groups in total. The predicted molar refractivity (Wildman–Crippen MR) is 111 cm³/mol. The average molecular weight is 407 g/mol. The zero-order valence-electron chi connectivity index (χ0n) is 18.0. The minimum absolute atomic E-state index is 0.0458. The Bertz CT molecular complexity index is 689. The van der Waals surface area contributed by atoms with Gasteiger partial charge in [0.15, 0.2) is 11.5 Å². The van der Waals surface area contributed by atoms with Crippen LogP contribution >= 0.6 is 0 Å². The van der Waals surface area contributed by atoms with Crippen LogP contribution in [0.1, 0.15) is 83.6 Å². The molecule has 0 radical (unpaired) electrons. The van der Waals surface area contributed by atoms with Crippen LogP contribution in [0.2, 0.25) is 0 Å². The lowest BCUT2D eigenvalue weighted by atomic mass is 9.69. The standard InChI is InChI=1S/C25H36F2O2/c1-16-3-8-19(9-4-16)20-11-6-18(7-12-20)13-14-28-22-15-21-10-5-17(2)29-25(21)24(27)23(22)26/h15-20H,3-14H2,1-2H3. The summed E-state index contributed by atoms with van der Waals surface area (Å²) in [7, 11) is 0. The smallest absolute Gasteiger partial charge is 0.204 e. The van der Waals surface area contributed by atoms with E-state index in [9.17, 15) is 8.78 Å². The Balaban J connectivity index is 1.24. The Kier molecular flexibility index (Phi) is 6.66. The lowest BCUT2D eigenvalue weighted by Gasteiger charge is -2.37. The molecule has 0 saturated heterocycles. The Morgan fingerprint density at radius 2 is 1.55 bits per heavy atom. The molecule has 1 aliphatic heterocycles. The first-order valence-electron chi connectivity index (χ1n) is 11.8. The van der Waals surface area contributed by atoms with E-state index in [4.69, 9.17) is 9.47 Å². The number of hydrogen-bond donors (Lipinski definition) is 0. The van der Waals surface area contributed by atoms with Crippen molar-refractivity contribution in [2.75, 3.05) is 6.61 Å².